The molecule has 0 aliphatic heterocycles. The molecule has 0 bridgehead atoms. The summed E-state index contributed by atoms with van der Waals surface area (Å²) in [6.07, 6.45) is 10.3. The standard InChI is InChI=1S/C25H31NO4/c1-3-4-5-6-7-8-9-10-17-28-21-13-11-20(12-14-21)25-26-23-18-22(29-19(2)27)15-16-24(23)30-25/h11-16,18H,3-10,17H2,1-2H3. The highest BCUT2D eigenvalue weighted by Crippen LogP contribution is 2.28. The molecular formula is C25H31NO4. The van der Waals surface area contributed by atoms with E-state index in [1.165, 1.54) is 51.9 Å². The van der Waals surface area contributed by atoms with Gasteiger partial charge in [0.15, 0.2) is 5.58 Å². The number of rotatable bonds is 12. The molecule has 1 heterocycles. The summed E-state index contributed by atoms with van der Waals surface area (Å²) in [6.45, 7) is 4.37. The Morgan fingerprint density at radius 3 is 2.27 bits per heavy atom. The third kappa shape index (κ3) is 6.61. The Labute approximate surface area is 178 Å². The van der Waals surface area contributed by atoms with Gasteiger partial charge < -0.3 is 13.9 Å². The van der Waals surface area contributed by atoms with E-state index >= 15 is 0 Å². The molecule has 5 heteroatoms. The van der Waals surface area contributed by atoms with Crippen molar-refractivity contribution in [3.8, 4) is 23.0 Å². The monoisotopic (exact) mass is 409 g/mol. The highest BCUT2D eigenvalue weighted by molar-refractivity contribution is 5.79. The molecule has 0 amide bonds. The maximum atomic E-state index is 11.1. The van der Waals surface area contributed by atoms with Crippen LogP contribution < -0.4 is 9.47 Å². The average molecular weight is 410 g/mol. The largest absolute Gasteiger partial charge is 0.494 e. The Hall–Kier alpha value is -2.82. The van der Waals surface area contributed by atoms with Gasteiger partial charge in [0.25, 0.3) is 0 Å². The lowest BCUT2D eigenvalue weighted by atomic mass is 10.1. The number of hydrogen-bond acceptors (Lipinski definition) is 5. The van der Waals surface area contributed by atoms with Crippen LogP contribution in [0, 0.1) is 0 Å². The van der Waals surface area contributed by atoms with Crippen LogP contribution in [0.25, 0.3) is 22.6 Å². The number of fused-ring (bicyclic) bond motifs is 1. The molecule has 0 N–H and O–H groups in total. The smallest absolute Gasteiger partial charge is 0.308 e. The second kappa shape index (κ2) is 11.4. The van der Waals surface area contributed by atoms with Crippen molar-refractivity contribution in [3.63, 3.8) is 0 Å². The highest BCUT2D eigenvalue weighted by Gasteiger charge is 2.10. The van der Waals surface area contributed by atoms with Gasteiger partial charge >= 0.3 is 5.97 Å². The normalized spacial score (nSPS) is 11.0. The molecule has 0 atom stereocenters. The lowest BCUT2D eigenvalue weighted by molar-refractivity contribution is -0.131. The number of carbonyl (C=O) groups is 1. The zero-order valence-corrected chi connectivity index (χ0v) is 18.0. The highest BCUT2D eigenvalue weighted by atomic mass is 16.5. The Bertz CT molecular complexity index is 930. The van der Waals surface area contributed by atoms with Gasteiger partial charge in [0.2, 0.25) is 5.89 Å². The van der Waals surface area contributed by atoms with Crippen molar-refractivity contribution in [1.29, 1.82) is 0 Å². The number of ether oxygens (including phenoxy) is 2. The number of benzene rings is 2. The Balaban J connectivity index is 1.46. The average Bonchev–Trinajstić information content (AvgIpc) is 3.16. The molecule has 1 aromatic heterocycles. The molecule has 3 rings (SSSR count). The van der Waals surface area contributed by atoms with E-state index in [1.54, 1.807) is 18.2 Å². The summed E-state index contributed by atoms with van der Waals surface area (Å²) in [4.78, 5) is 15.6. The van der Waals surface area contributed by atoms with Gasteiger partial charge in [0, 0.05) is 18.6 Å². The molecule has 30 heavy (non-hydrogen) atoms. The molecule has 0 saturated carbocycles. The van der Waals surface area contributed by atoms with Crippen LogP contribution in [0.2, 0.25) is 0 Å². The molecule has 0 radical (unpaired) electrons. The van der Waals surface area contributed by atoms with Gasteiger partial charge in [-0.2, -0.15) is 0 Å². The fourth-order valence-corrected chi connectivity index (χ4v) is 3.38. The minimum absolute atomic E-state index is 0.361. The van der Waals surface area contributed by atoms with Crippen LogP contribution in [-0.2, 0) is 4.79 Å². The first kappa shape index (κ1) is 21.9. The first-order valence-corrected chi connectivity index (χ1v) is 11.0. The van der Waals surface area contributed by atoms with E-state index in [1.807, 2.05) is 24.3 Å². The number of unbranched alkanes of at least 4 members (excludes halogenated alkanes) is 7. The molecular weight excluding hydrogens is 378 g/mol. The molecule has 0 saturated heterocycles. The molecule has 0 aliphatic rings. The van der Waals surface area contributed by atoms with Gasteiger partial charge in [-0.25, -0.2) is 4.98 Å². The van der Waals surface area contributed by atoms with Crippen LogP contribution in [0.1, 0.15) is 65.2 Å². The van der Waals surface area contributed by atoms with E-state index in [0.29, 0.717) is 22.7 Å². The van der Waals surface area contributed by atoms with Crippen molar-refractivity contribution in [2.75, 3.05) is 6.61 Å². The number of nitrogens with zero attached hydrogens (tertiary/aromatic N) is 1. The van der Waals surface area contributed by atoms with Crippen LogP contribution >= 0.6 is 0 Å². The van der Waals surface area contributed by atoms with Crippen molar-refractivity contribution in [1.82, 2.24) is 4.98 Å². The number of hydrogen-bond donors (Lipinski definition) is 0. The van der Waals surface area contributed by atoms with E-state index in [0.717, 1.165) is 24.3 Å². The van der Waals surface area contributed by atoms with Crippen molar-refractivity contribution in [2.24, 2.45) is 0 Å². The van der Waals surface area contributed by atoms with Crippen LogP contribution in [0.15, 0.2) is 46.9 Å². The zero-order valence-electron chi connectivity index (χ0n) is 18.0. The number of oxazole rings is 1. The van der Waals surface area contributed by atoms with Crippen LogP contribution in [0.5, 0.6) is 11.5 Å². The Kier molecular flexibility index (Phi) is 8.30. The molecule has 0 unspecified atom stereocenters. The van der Waals surface area contributed by atoms with Gasteiger partial charge in [-0.3, -0.25) is 4.79 Å². The SMILES string of the molecule is CCCCCCCCCCOc1ccc(-c2nc3cc(OC(C)=O)ccc3o2)cc1. The van der Waals surface area contributed by atoms with Crippen LogP contribution in [0.3, 0.4) is 0 Å². The van der Waals surface area contributed by atoms with E-state index in [2.05, 4.69) is 11.9 Å². The van der Waals surface area contributed by atoms with Gasteiger partial charge in [-0.05, 0) is 42.8 Å². The fraction of sp³-hybridized carbons (Fsp3) is 0.440. The van der Waals surface area contributed by atoms with E-state index in [4.69, 9.17) is 13.9 Å². The van der Waals surface area contributed by atoms with Gasteiger partial charge in [0.1, 0.15) is 17.0 Å². The van der Waals surface area contributed by atoms with E-state index in [-0.39, 0.29) is 5.97 Å². The zero-order chi connectivity index (χ0) is 21.2. The van der Waals surface area contributed by atoms with Crippen LogP contribution in [0.4, 0.5) is 0 Å². The Morgan fingerprint density at radius 1 is 0.900 bits per heavy atom. The van der Waals surface area contributed by atoms with Crippen molar-refractivity contribution in [3.05, 3.63) is 42.5 Å². The van der Waals surface area contributed by atoms with E-state index < -0.39 is 0 Å². The summed E-state index contributed by atoms with van der Waals surface area (Å²) < 4.78 is 16.8. The first-order chi connectivity index (χ1) is 14.7. The third-order valence-corrected chi connectivity index (χ3v) is 4.99. The Morgan fingerprint density at radius 2 is 1.57 bits per heavy atom. The third-order valence-electron chi connectivity index (χ3n) is 4.99. The second-order valence-corrected chi connectivity index (χ2v) is 7.59. The quantitative estimate of drug-likeness (QED) is 0.184. The van der Waals surface area contributed by atoms with Crippen molar-refractivity contribution < 1.29 is 18.7 Å². The fourth-order valence-electron chi connectivity index (χ4n) is 3.38. The number of esters is 1. The lowest BCUT2D eigenvalue weighted by Crippen LogP contribution is -2.00. The van der Waals surface area contributed by atoms with Gasteiger partial charge in [0.05, 0.1) is 6.61 Å². The summed E-state index contributed by atoms with van der Waals surface area (Å²) >= 11 is 0. The molecule has 5 nitrogen and oxygen atoms in total. The lowest BCUT2D eigenvalue weighted by Gasteiger charge is -2.06. The maximum Gasteiger partial charge on any atom is 0.308 e. The van der Waals surface area contributed by atoms with Gasteiger partial charge in [-0.15, -0.1) is 0 Å². The molecule has 0 fully saturated rings. The topological polar surface area (TPSA) is 61.6 Å². The summed E-state index contributed by atoms with van der Waals surface area (Å²) in [5.41, 5.74) is 2.18. The van der Waals surface area contributed by atoms with Gasteiger partial charge in [-0.1, -0.05) is 51.9 Å². The summed E-state index contributed by atoms with van der Waals surface area (Å²) in [7, 11) is 0. The molecule has 3 aromatic rings. The van der Waals surface area contributed by atoms with Crippen molar-refractivity contribution in [2.45, 2.75) is 65.2 Å². The molecule has 0 aliphatic carbocycles. The maximum absolute atomic E-state index is 11.1. The minimum Gasteiger partial charge on any atom is -0.494 e. The predicted octanol–water partition coefficient (Wildman–Crippen LogP) is 6.94. The van der Waals surface area contributed by atoms with E-state index in [9.17, 15) is 4.79 Å². The first-order valence-electron chi connectivity index (χ1n) is 11.0. The second-order valence-electron chi connectivity index (χ2n) is 7.59. The summed E-state index contributed by atoms with van der Waals surface area (Å²) in [5, 5.41) is 0. The minimum atomic E-state index is -0.361. The molecule has 2 aromatic carbocycles. The van der Waals surface area contributed by atoms with Crippen molar-refractivity contribution >= 4 is 17.1 Å². The number of carbonyl (C=O) groups excluding carboxylic acids is 1. The summed E-state index contributed by atoms with van der Waals surface area (Å²) in [5.74, 6) is 1.48. The predicted molar refractivity (Wildman–Crippen MR) is 119 cm³/mol. The molecule has 160 valence electrons. The summed E-state index contributed by atoms with van der Waals surface area (Å²) in [6, 6.07) is 12.9. The number of aromatic nitrogens is 1. The molecule has 0 spiro atoms. The van der Waals surface area contributed by atoms with Crippen LogP contribution in [-0.4, -0.2) is 17.6 Å².